The third kappa shape index (κ3) is 4.60. The van der Waals surface area contributed by atoms with Crippen LogP contribution in [0.1, 0.15) is 28.9 Å². The highest BCUT2D eigenvalue weighted by Gasteiger charge is 2.33. The number of hydrogen-bond acceptors (Lipinski definition) is 8. The largest absolute Gasteiger partial charge is 0.488 e. The van der Waals surface area contributed by atoms with Crippen molar-refractivity contribution in [3.05, 3.63) is 66.2 Å². The summed E-state index contributed by atoms with van der Waals surface area (Å²) in [5.41, 5.74) is 9.51. The van der Waals surface area contributed by atoms with Gasteiger partial charge in [0.1, 0.15) is 17.7 Å². The molecule has 2 aliphatic rings. The van der Waals surface area contributed by atoms with Crippen LogP contribution in [0, 0.1) is 6.92 Å². The summed E-state index contributed by atoms with van der Waals surface area (Å²) in [4.78, 5) is 20.0. The zero-order valence-electron chi connectivity index (χ0n) is 19.8. The number of ether oxygens (including phenoxy) is 2. The first-order chi connectivity index (χ1) is 17.5. The van der Waals surface area contributed by atoms with Crippen molar-refractivity contribution in [2.45, 2.75) is 38.0 Å². The molecule has 10 heteroatoms. The maximum absolute atomic E-state index is 11.3. The predicted octanol–water partition coefficient (Wildman–Crippen LogP) is 2.84. The minimum atomic E-state index is -0.513. The first-order valence-corrected chi connectivity index (χ1v) is 12.0. The van der Waals surface area contributed by atoms with Gasteiger partial charge in [0, 0.05) is 54.6 Å². The van der Waals surface area contributed by atoms with Crippen molar-refractivity contribution in [2.24, 2.45) is 5.73 Å². The Hall–Kier alpha value is -4.02. The van der Waals surface area contributed by atoms with Crippen molar-refractivity contribution >= 4 is 23.1 Å². The third-order valence-electron chi connectivity index (χ3n) is 6.58. The molecule has 0 saturated carbocycles. The van der Waals surface area contributed by atoms with Crippen LogP contribution in [-0.2, 0) is 4.74 Å². The fourth-order valence-corrected chi connectivity index (χ4v) is 4.90. The van der Waals surface area contributed by atoms with Crippen LogP contribution < -0.4 is 21.1 Å². The molecule has 36 heavy (non-hydrogen) atoms. The maximum Gasteiger partial charge on any atom is 0.250 e. The number of morpholine rings is 1. The summed E-state index contributed by atoms with van der Waals surface area (Å²) in [6, 6.07) is 12.1. The number of aryl methyl sites for hydroxylation is 1. The number of piperidine rings is 1. The van der Waals surface area contributed by atoms with Gasteiger partial charge in [-0.3, -0.25) is 9.78 Å². The normalized spacial score (nSPS) is 21.3. The molecule has 2 saturated heterocycles. The average Bonchev–Trinajstić information content (AvgIpc) is 3.27. The summed E-state index contributed by atoms with van der Waals surface area (Å²) in [7, 11) is 0. The van der Waals surface area contributed by atoms with Gasteiger partial charge in [0.25, 0.3) is 0 Å². The van der Waals surface area contributed by atoms with E-state index < -0.39 is 5.91 Å². The van der Waals surface area contributed by atoms with E-state index in [1.54, 1.807) is 16.6 Å². The molecule has 0 aromatic carbocycles. The number of nitrogens with one attached hydrogen (secondary N) is 2. The van der Waals surface area contributed by atoms with E-state index in [1.807, 2.05) is 31.5 Å². The second kappa shape index (κ2) is 9.21. The van der Waals surface area contributed by atoms with Gasteiger partial charge in [0.05, 0.1) is 30.5 Å². The van der Waals surface area contributed by atoms with Gasteiger partial charge < -0.3 is 25.8 Å². The molecule has 10 nitrogen and oxygen atoms in total. The number of carbonyl (C=O) groups is 1. The molecule has 2 fully saturated rings. The van der Waals surface area contributed by atoms with Crippen molar-refractivity contribution in [1.82, 2.24) is 24.9 Å². The zero-order chi connectivity index (χ0) is 24.6. The molecule has 0 radical (unpaired) electrons. The Morgan fingerprint density at radius 3 is 2.69 bits per heavy atom. The van der Waals surface area contributed by atoms with Gasteiger partial charge in [0.15, 0.2) is 5.82 Å². The molecule has 0 aliphatic carbocycles. The number of nitrogens with zero attached hydrogens (tertiary/aromatic N) is 4. The number of carbonyl (C=O) groups excluding carboxylic acids is 1. The van der Waals surface area contributed by atoms with Crippen LogP contribution in [0.2, 0.25) is 0 Å². The van der Waals surface area contributed by atoms with Gasteiger partial charge in [-0.2, -0.15) is 5.10 Å². The van der Waals surface area contributed by atoms with E-state index in [-0.39, 0.29) is 6.10 Å². The summed E-state index contributed by atoms with van der Waals surface area (Å²) >= 11 is 0. The fraction of sp³-hybridized carbons (Fsp3) is 0.308. The highest BCUT2D eigenvalue weighted by Crippen LogP contribution is 2.34. The molecule has 0 unspecified atom stereocenters. The SMILES string of the molecule is Cc1cc(-c2ccn3nc(Nc4ccc(C(N)=O)cn4)cc3c2)c(O[C@H]2C[C@H]3COC[C@@H](C2)N3)cn1. The molecule has 4 N–H and O–H groups in total. The van der Waals surface area contributed by atoms with Crippen molar-refractivity contribution < 1.29 is 14.3 Å². The molecule has 6 rings (SSSR count). The topological polar surface area (TPSA) is 129 Å². The van der Waals surface area contributed by atoms with E-state index >= 15 is 0 Å². The van der Waals surface area contributed by atoms with Crippen LogP contribution >= 0.6 is 0 Å². The van der Waals surface area contributed by atoms with Crippen LogP contribution in [0.5, 0.6) is 5.75 Å². The van der Waals surface area contributed by atoms with Gasteiger partial charge in [-0.25, -0.2) is 9.50 Å². The molecule has 2 bridgehead atoms. The number of rotatable bonds is 6. The Kier molecular flexibility index (Phi) is 5.74. The number of nitrogens with two attached hydrogens (primary N) is 1. The van der Waals surface area contributed by atoms with E-state index in [0.29, 0.717) is 29.3 Å². The van der Waals surface area contributed by atoms with Crippen LogP contribution in [0.3, 0.4) is 0 Å². The maximum atomic E-state index is 11.3. The lowest BCUT2D eigenvalue weighted by molar-refractivity contribution is -0.0122. The first-order valence-electron chi connectivity index (χ1n) is 12.0. The van der Waals surface area contributed by atoms with Crippen molar-refractivity contribution in [2.75, 3.05) is 18.5 Å². The number of hydrogen-bond donors (Lipinski definition) is 3. The van der Waals surface area contributed by atoms with E-state index in [0.717, 1.165) is 54.1 Å². The Labute approximate surface area is 207 Å². The number of aromatic nitrogens is 4. The van der Waals surface area contributed by atoms with Crippen molar-refractivity contribution in [3.8, 4) is 16.9 Å². The van der Waals surface area contributed by atoms with E-state index in [1.165, 1.54) is 6.20 Å². The van der Waals surface area contributed by atoms with Gasteiger partial charge in [0.2, 0.25) is 5.91 Å². The quantitative estimate of drug-likeness (QED) is 0.380. The van der Waals surface area contributed by atoms with Gasteiger partial charge in [-0.05, 0) is 42.8 Å². The smallest absolute Gasteiger partial charge is 0.250 e. The summed E-state index contributed by atoms with van der Waals surface area (Å²) in [5, 5.41) is 11.4. The van der Waals surface area contributed by atoms with Gasteiger partial charge in [-0.15, -0.1) is 0 Å². The van der Waals surface area contributed by atoms with E-state index in [2.05, 4.69) is 37.8 Å². The molecular weight excluding hydrogens is 458 g/mol. The molecule has 4 aromatic rings. The Morgan fingerprint density at radius 2 is 1.94 bits per heavy atom. The second-order valence-corrected chi connectivity index (χ2v) is 9.37. The third-order valence-corrected chi connectivity index (χ3v) is 6.58. The zero-order valence-corrected chi connectivity index (χ0v) is 19.8. The Morgan fingerprint density at radius 1 is 1.11 bits per heavy atom. The minimum absolute atomic E-state index is 0.122. The van der Waals surface area contributed by atoms with Gasteiger partial charge in [-0.1, -0.05) is 0 Å². The summed E-state index contributed by atoms with van der Waals surface area (Å²) in [6.07, 6.45) is 7.13. The first kappa shape index (κ1) is 22.4. The molecule has 2 aliphatic heterocycles. The summed E-state index contributed by atoms with van der Waals surface area (Å²) < 4.78 is 14.0. The van der Waals surface area contributed by atoms with Crippen LogP contribution in [0.15, 0.2) is 55.0 Å². The molecule has 4 aromatic heterocycles. The highest BCUT2D eigenvalue weighted by atomic mass is 16.5. The minimum Gasteiger partial charge on any atom is -0.488 e. The molecule has 0 spiro atoms. The standard InChI is InChI=1S/C26H27N7O3/c1-15-6-22(23(12-28-15)36-21-8-18-13-35-14-19(9-21)30-18)16-4-5-33-20(7-16)10-25(32-33)31-24-3-2-17(11-29-24)26(27)34/h2-7,10-12,18-19,21,30H,8-9,13-14H2,1H3,(H2,27,34)(H,29,31,32)/t18-,19+,21-. The molecule has 3 atom stereocenters. The lowest BCUT2D eigenvalue weighted by Crippen LogP contribution is -2.56. The van der Waals surface area contributed by atoms with Gasteiger partial charge >= 0.3 is 0 Å². The lowest BCUT2D eigenvalue weighted by atomic mass is 9.94. The van der Waals surface area contributed by atoms with E-state index in [4.69, 9.17) is 15.2 Å². The molecule has 6 heterocycles. The number of anilines is 2. The number of amides is 1. The van der Waals surface area contributed by atoms with Crippen LogP contribution in [0.4, 0.5) is 11.6 Å². The van der Waals surface area contributed by atoms with Crippen molar-refractivity contribution in [1.29, 1.82) is 0 Å². The van der Waals surface area contributed by atoms with Crippen molar-refractivity contribution in [3.63, 3.8) is 0 Å². The monoisotopic (exact) mass is 485 g/mol. The lowest BCUT2D eigenvalue weighted by Gasteiger charge is -2.40. The summed E-state index contributed by atoms with van der Waals surface area (Å²) in [5.74, 6) is 1.48. The highest BCUT2D eigenvalue weighted by molar-refractivity contribution is 5.92. The Balaban J connectivity index is 1.25. The predicted molar refractivity (Wildman–Crippen MR) is 134 cm³/mol. The molecule has 184 valence electrons. The second-order valence-electron chi connectivity index (χ2n) is 9.37. The fourth-order valence-electron chi connectivity index (χ4n) is 4.90. The number of pyridine rings is 3. The van der Waals surface area contributed by atoms with Crippen LogP contribution in [-0.4, -0.2) is 56.9 Å². The van der Waals surface area contributed by atoms with E-state index in [9.17, 15) is 4.79 Å². The average molecular weight is 486 g/mol. The Bertz CT molecular complexity index is 1410. The van der Waals surface area contributed by atoms with Crippen LogP contribution in [0.25, 0.3) is 16.6 Å². The number of primary amides is 1. The summed E-state index contributed by atoms with van der Waals surface area (Å²) in [6.45, 7) is 3.44. The number of fused-ring (bicyclic) bond motifs is 3. The molecule has 1 amide bonds. The molecular formula is C26H27N7O3.